The molecule has 4 rings (SSSR count). The summed E-state index contributed by atoms with van der Waals surface area (Å²) in [7, 11) is 0. The van der Waals surface area contributed by atoms with Crippen LogP contribution in [0.2, 0.25) is 0 Å². The van der Waals surface area contributed by atoms with Gasteiger partial charge in [0, 0.05) is 12.6 Å². The average Bonchev–Trinajstić information content (AvgIpc) is 3.31. The molecule has 19 heavy (non-hydrogen) atoms. The Morgan fingerprint density at radius 3 is 2.42 bits per heavy atom. The van der Waals surface area contributed by atoms with Crippen molar-refractivity contribution in [3.63, 3.8) is 0 Å². The molecule has 0 spiro atoms. The molecule has 1 nitrogen and oxygen atoms in total. The van der Waals surface area contributed by atoms with Crippen LogP contribution in [0.5, 0.6) is 0 Å². The average molecular weight is 259 g/mol. The van der Waals surface area contributed by atoms with Crippen molar-refractivity contribution in [3.8, 4) is 0 Å². The lowest BCUT2D eigenvalue weighted by molar-refractivity contribution is 0.247. The fourth-order valence-electron chi connectivity index (χ4n) is 4.04. The maximum Gasteiger partial charge on any atom is 0.123 e. The summed E-state index contributed by atoms with van der Waals surface area (Å²) in [6, 6.07) is 7.94. The molecule has 3 aliphatic rings. The van der Waals surface area contributed by atoms with E-state index in [1.54, 1.807) is 12.1 Å². The van der Waals surface area contributed by atoms with Crippen LogP contribution in [-0.4, -0.2) is 12.6 Å². The molecular weight excluding hydrogens is 237 g/mol. The molecule has 2 unspecified atom stereocenters. The van der Waals surface area contributed by atoms with E-state index in [0.29, 0.717) is 5.41 Å². The van der Waals surface area contributed by atoms with Crippen LogP contribution in [0.3, 0.4) is 0 Å². The highest BCUT2D eigenvalue weighted by atomic mass is 19.1. The van der Waals surface area contributed by atoms with Gasteiger partial charge in [-0.1, -0.05) is 12.1 Å². The van der Waals surface area contributed by atoms with Gasteiger partial charge >= 0.3 is 0 Å². The van der Waals surface area contributed by atoms with E-state index < -0.39 is 0 Å². The first-order chi connectivity index (χ1) is 9.22. The van der Waals surface area contributed by atoms with Gasteiger partial charge in [-0.05, 0) is 73.5 Å². The van der Waals surface area contributed by atoms with E-state index in [0.717, 1.165) is 24.3 Å². The quantitative estimate of drug-likeness (QED) is 0.853. The van der Waals surface area contributed by atoms with Crippen LogP contribution < -0.4 is 5.32 Å². The number of rotatable bonds is 5. The van der Waals surface area contributed by atoms with E-state index in [1.807, 2.05) is 12.1 Å². The van der Waals surface area contributed by atoms with Crippen molar-refractivity contribution in [2.75, 3.05) is 6.54 Å². The molecule has 2 atom stereocenters. The Balaban J connectivity index is 1.47. The maximum atomic E-state index is 13.0. The largest absolute Gasteiger partial charge is 0.313 e. The van der Waals surface area contributed by atoms with Gasteiger partial charge in [0.1, 0.15) is 5.82 Å². The van der Waals surface area contributed by atoms with Crippen molar-refractivity contribution in [2.45, 2.75) is 44.6 Å². The first-order valence-corrected chi connectivity index (χ1v) is 7.70. The summed E-state index contributed by atoms with van der Waals surface area (Å²) in [6.07, 6.45) is 8.08. The van der Waals surface area contributed by atoms with Gasteiger partial charge in [-0.3, -0.25) is 0 Å². The molecule has 0 bridgehead atoms. The minimum atomic E-state index is -0.122. The van der Waals surface area contributed by atoms with Crippen molar-refractivity contribution in [1.29, 1.82) is 0 Å². The third-order valence-electron chi connectivity index (χ3n) is 5.29. The smallest absolute Gasteiger partial charge is 0.123 e. The molecule has 0 saturated heterocycles. The predicted octanol–water partition coefficient (Wildman–Crippen LogP) is 3.54. The summed E-state index contributed by atoms with van der Waals surface area (Å²) in [4.78, 5) is 0. The van der Waals surface area contributed by atoms with E-state index in [1.165, 1.54) is 44.2 Å². The normalized spacial score (nSPS) is 36.3. The first-order valence-electron chi connectivity index (χ1n) is 7.70. The van der Waals surface area contributed by atoms with Crippen molar-refractivity contribution >= 4 is 0 Å². The topological polar surface area (TPSA) is 12.0 Å². The molecule has 0 radical (unpaired) electrons. The van der Waals surface area contributed by atoms with E-state index in [9.17, 15) is 4.39 Å². The van der Waals surface area contributed by atoms with Gasteiger partial charge in [0.05, 0.1) is 0 Å². The number of nitrogens with one attached hydrogen (secondary N) is 1. The Morgan fingerprint density at radius 2 is 1.79 bits per heavy atom. The number of hydrogen-bond acceptors (Lipinski definition) is 1. The molecule has 3 saturated carbocycles. The van der Waals surface area contributed by atoms with Crippen LogP contribution in [-0.2, 0) is 6.42 Å². The Bertz CT molecular complexity index is 453. The zero-order valence-corrected chi connectivity index (χ0v) is 11.4. The standard InChI is InChI=1S/C17H22FN/c18-15-3-1-12(2-4-15)8-17(11-19-16-5-6-16)9-13-7-14(13)10-17/h1-4,13-14,16,19H,5-11H2. The van der Waals surface area contributed by atoms with Crippen LogP contribution in [0.25, 0.3) is 0 Å². The van der Waals surface area contributed by atoms with Gasteiger partial charge in [0.15, 0.2) is 0 Å². The lowest BCUT2D eigenvalue weighted by Gasteiger charge is -2.31. The Hall–Kier alpha value is -0.890. The molecule has 1 aromatic carbocycles. The lowest BCUT2D eigenvalue weighted by atomic mass is 9.77. The molecular formula is C17H22FN. The lowest BCUT2D eigenvalue weighted by Crippen LogP contribution is -2.36. The second-order valence-electron chi connectivity index (χ2n) is 7.12. The highest BCUT2D eigenvalue weighted by molar-refractivity contribution is 5.20. The first kappa shape index (κ1) is 11.9. The van der Waals surface area contributed by atoms with Gasteiger partial charge < -0.3 is 5.32 Å². The minimum Gasteiger partial charge on any atom is -0.313 e. The summed E-state index contributed by atoms with van der Waals surface area (Å²) in [5.41, 5.74) is 1.76. The molecule has 0 aliphatic heterocycles. The number of hydrogen-bond donors (Lipinski definition) is 1. The molecule has 2 heteroatoms. The number of benzene rings is 1. The summed E-state index contributed by atoms with van der Waals surface area (Å²) >= 11 is 0. The van der Waals surface area contributed by atoms with E-state index >= 15 is 0 Å². The molecule has 0 amide bonds. The van der Waals surface area contributed by atoms with Crippen molar-refractivity contribution in [3.05, 3.63) is 35.6 Å². The zero-order chi connectivity index (χ0) is 12.9. The SMILES string of the molecule is Fc1ccc(CC2(CNC3CC3)CC3CC3C2)cc1. The number of halogens is 1. The van der Waals surface area contributed by atoms with E-state index in [-0.39, 0.29) is 5.82 Å². The Kier molecular flexibility index (Phi) is 2.70. The van der Waals surface area contributed by atoms with E-state index in [4.69, 9.17) is 0 Å². The fourth-order valence-corrected chi connectivity index (χ4v) is 4.04. The van der Waals surface area contributed by atoms with E-state index in [2.05, 4.69) is 5.32 Å². The molecule has 1 aromatic rings. The van der Waals surface area contributed by atoms with Crippen LogP contribution >= 0.6 is 0 Å². The van der Waals surface area contributed by atoms with Gasteiger partial charge in [0.25, 0.3) is 0 Å². The predicted molar refractivity (Wildman–Crippen MR) is 74.4 cm³/mol. The maximum absolute atomic E-state index is 13.0. The summed E-state index contributed by atoms with van der Waals surface area (Å²) in [5.74, 6) is 1.88. The third-order valence-corrected chi connectivity index (χ3v) is 5.29. The van der Waals surface area contributed by atoms with Crippen molar-refractivity contribution in [1.82, 2.24) is 5.32 Å². The molecule has 3 fully saturated rings. The second-order valence-corrected chi connectivity index (χ2v) is 7.12. The monoisotopic (exact) mass is 259 g/mol. The van der Waals surface area contributed by atoms with Gasteiger partial charge in [-0.2, -0.15) is 0 Å². The summed E-state index contributed by atoms with van der Waals surface area (Å²) < 4.78 is 13.0. The third kappa shape index (κ3) is 2.55. The molecule has 102 valence electrons. The van der Waals surface area contributed by atoms with Crippen molar-refractivity contribution in [2.24, 2.45) is 17.3 Å². The zero-order valence-electron chi connectivity index (χ0n) is 11.4. The van der Waals surface area contributed by atoms with Crippen LogP contribution in [0.1, 0.15) is 37.7 Å². The van der Waals surface area contributed by atoms with Crippen LogP contribution in [0.15, 0.2) is 24.3 Å². The van der Waals surface area contributed by atoms with Gasteiger partial charge in [-0.25, -0.2) is 4.39 Å². The minimum absolute atomic E-state index is 0.122. The fraction of sp³-hybridized carbons (Fsp3) is 0.647. The number of fused-ring (bicyclic) bond motifs is 1. The summed E-state index contributed by atoms with van der Waals surface area (Å²) in [6.45, 7) is 1.17. The molecule has 0 aromatic heterocycles. The molecule has 1 N–H and O–H groups in total. The van der Waals surface area contributed by atoms with Crippen LogP contribution in [0.4, 0.5) is 4.39 Å². The molecule has 3 aliphatic carbocycles. The van der Waals surface area contributed by atoms with Crippen molar-refractivity contribution < 1.29 is 4.39 Å². The van der Waals surface area contributed by atoms with Gasteiger partial charge in [-0.15, -0.1) is 0 Å². The highest BCUT2D eigenvalue weighted by Crippen LogP contribution is 2.60. The second kappa shape index (κ2) is 4.31. The Morgan fingerprint density at radius 1 is 1.11 bits per heavy atom. The highest BCUT2D eigenvalue weighted by Gasteiger charge is 2.53. The summed E-state index contributed by atoms with van der Waals surface area (Å²) in [5, 5.41) is 3.74. The molecule has 0 heterocycles. The Labute approximate surface area is 114 Å². The van der Waals surface area contributed by atoms with Gasteiger partial charge in [0.2, 0.25) is 0 Å². The van der Waals surface area contributed by atoms with Crippen LogP contribution in [0, 0.1) is 23.1 Å².